The van der Waals surface area contributed by atoms with Gasteiger partial charge in [0.05, 0.1) is 18.1 Å². The molecule has 13 heteroatoms. The van der Waals surface area contributed by atoms with Crippen molar-refractivity contribution in [2.45, 2.75) is 55.5 Å². The van der Waals surface area contributed by atoms with Crippen LogP contribution in [-0.4, -0.2) is 61.5 Å². The van der Waals surface area contributed by atoms with Gasteiger partial charge < -0.3 is 18.8 Å². The second kappa shape index (κ2) is 8.32. The average Bonchev–Trinajstić information content (AvgIpc) is 3.28. The lowest BCUT2D eigenvalue weighted by atomic mass is 9.88. The molecule has 176 valence electrons. The van der Waals surface area contributed by atoms with Gasteiger partial charge in [-0.2, -0.15) is 17.6 Å². The lowest BCUT2D eigenvalue weighted by Gasteiger charge is -2.28. The Morgan fingerprint density at radius 2 is 1.90 bits per heavy atom. The molecule has 0 amide bonds. The monoisotopic (exact) mass is 473 g/mol. The van der Waals surface area contributed by atoms with E-state index in [-0.39, 0.29) is 48.9 Å². The highest BCUT2D eigenvalue weighted by Crippen LogP contribution is 2.55. The van der Waals surface area contributed by atoms with Crippen LogP contribution in [0.3, 0.4) is 0 Å². The van der Waals surface area contributed by atoms with Crippen LogP contribution in [0.1, 0.15) is 32.1 Å². The van der Waals surface area contributed by atoms with Gasteiger partial charge in [0.25, 0.3) is 0 Å². The van der Waals surface area contributed by atoms with Crippen molar-refractivity contribution in [3.8, 4) is 0 Å². The molecule has 5 unspecified atom stereocenters. The molecule has 1 saturated heterocycles. The van der Waals surface area contributed by atoms with Crippen LogP contribution < -0.4 is 0 Å². The van der Waals surface area contributed by atoms with Gasteiger partial charge in [-0.15, -0.1) is 0 Å². The van der Waals surface area contributed by atoms with E-state index in [0.29, 0.717) is 6.42 Å². The third-order valence-electron chi connectivity index (χ3n) is 5.99. The van der Waals surface area contributed by atoms with Crippen molar-refractivity contribution in [2.24, 2.45) is 17.8 Å². The first-order chi connectivity index (χ1) is 14.3. The van der Waals surface area contributed by atoms with E-state index in [1.54, 1.807) is 0 Å². The molecule has 0 N–H and O–H groups in total. The first-order valence-electron chi connectivity index (χ1n) is 9.64. The number of ether oxygens (including phenoxy) is 3. The predicted molar refractivity (Wildman–Crippen MR) is 92.9 cm³/mol. The summed E-state index contributed by atoms with van der Waals surface area (Å²) in [4.78, 5) is 23.9. The number of carbonyl (C=O) groups excluding carboxylic acids is 2. The SMILES string of the molecule is C=C(COCCCCC(F)(F)C(F)(F)S(=O)(=O)[O-])C(=O)OC1C2CC3C(=O)OC1C3C2. The second-order valence-corrected chi connectivity index (χ2v) is 9.48. The van der Waals surface area contributed by atoms with E-state index in [1.165, 1.54) is 0 Å². The lowest BCUT2D eigenvalue weighted by molar-refractivity contribution is -0.165. The Hall–Kier alpha value is -1.73. The summed E-state index contributed by atoms with van der Waals surface area (Å²) in [6.07, 6.45) is -1.87. The van der Waals surface area contributed by atoms with E-state index in [0.717, 1.165) is 6.42 Å². The minimum atomic E-state index is -6.50. The van der Waals surface area contributed by atoms with Gasteiger partial charge in [0.15, 0.2) is 10.1 Å². The van der Waals surface area contributed by atoms with Crippen LogP contribution in [0.15, 0.2) is 12.2 Å². The number of rotatable bonds is 11. The fourth-order valence-electron chi connectivity index (χ4n) is 4.41. The van der Waals surface area contributed by atoms with E-state index >= 15 is 0 Å². The number of alkyl halides is 4. The van der Waals surface area contributed by atoms with Gasteiger partial charge in [-0.25, -0.2) is 13.2 Å². The Balaban J connectivity index is 1.35. The smallest absolute Gasteiger partial charge is 0.396 e. The normalized spacial score (nSPS) is 29.8. The zero-order chi connectivity index (χ0) is 23.2. The Bertz CT molecular complexity index is 859. The van der Waals surface area contributed by atoms with Crippen LogP contribution >= 0.6 is 0 Å². The highest BCUT2D eigenvalue weighted by Gasteiger charge is 2.63. The molecule has 1 aliphatic heterocycles. The highest BCUT2D eigenvalue weighted by molar-refractivity contribution is 7.86. The number of hydrogen-bond acceptors (Lipinski definition) is 8. The van der Waals surface area contributed by atoms with Crippen molar-refractivity contribution in [3.63, 3.8) is 0 Å². The summed E-state index contributed by atoms with van der Waals surface area (Å²) in [5.74, 6) is -6.05. The molecule has 0 spiro atoms. The van der Waals surface area contributed by atoms with Gasteiger partial charge in [-0.1, -0.05) is 6.58 Å². The minimum Gasteiger partial charge on any atom is -0.743 e. The molecule has 2 aliphatic carbocycles. The van der Waals surface area contributed by atoms with Crippen LogP contribution in [0.2, 0.25) is 0 Å². The Morgan fingerprint density at radius 1 is 1.23 bits per heavy atom. The molecular formula is C18H21F4O8S-. The standard InChI is InChI=1S/C18H22F4O8S/c1-9(8-28-5-3-2-4-17(19,20)18(21,22)31(25,26)27)15(23)29-13-10-6-11-12(7-10)16(24)30-14(11)13/h10-14H,1-8H2,(H,25,26,27)/p-1. The van der Waals surface area contributed by atoms with Crippen molar-refractivity contribution < 1.29 is 54.3 Å². The van der Waals surface area contributed by atoms with Crippen LogP contribution in [0.4, 0.5) is 17.6 Å². The van der Waals surface area contributed by atoms with Crippen LogP contribution in [0.5, 0.6) is 0 Å². The molecule has 0 aromatic heterocycles. The van der Waals surface area contributed by atoms with Gasteiger partial charge in [0.2, 0.25) is 0 Å². The molecule has 3 aliphatic rings. The predicted octanol–water partition coefficient (Wildman–Crippen LogP) is 2.00. The number of hydrogen-bond donors (Lipinski definition) is 0. The average molecular weight is 473 g/mol. The first kappa shape index (κ1) is 23.9. The largest absolute Gasteiger partial charge is 0.743 e. The first-order valence-corrected chi connectivity index (χ1v) is 11.0. The molecule has 0 radical (unpaired) electrons. The summed E-state index contributed by atoms with van der Waals surface area (Å²) >= 11 is 0. The molecule has 0 aromatic carbocycles. The van der Waals surface area contributed by atoms with Crippen LogP contribution in [0.25, 0.3) is 0 Å². The summed E-state index contributed by atoms with van der Waals surface area (Å²) in [5.41, 5.74) is -0.0574. The van der Waals surface area contributed by atoms with Gasteiger partial charge >= 0.3 is 23.1 Å². The van der Waals surface area contributed by atoms with Gasteiger partial charge in [-0.05, 0) is 25.7 Å². The van der Waals surface area contributed by atoms with Gasteiger partial charge in [-0.3, -0.25) is 4.79 Å². The fraction of sp³-hybridized carbons (Fsp3) is 0.778. The van der Waals surface area contributed by atoms with Crippen molar-refractivity contribution in [1.82, 2.24) is 0 Å². The Kier molecular flexibility index (Phi) is 6.42. The van der Waals surface area contributed by atoms with Crippen molar-refractivity contribution in [2.75, 3.05) is 13.2 Å². The quantitative estimate of drug-likeness (QED) is 0.147. The lowest BCUT2D eigenvalue weighted by Crippen LogP contribution is -2.46. The maximum Gasteiger partial charge on any atom is 0.396 e. The van der Waals surface area contributed by atoms with E-state index in [1.807, 2.05) is 0 Å². The van der Waals surface area contributed by atoms with E-state index in [4.69, 9.17) is 14.2 Å². The molecule has 0 aromatic rings. The molecule has 2 saturated carbocycles. The van der Waals surface area contributed by atoms with Crippen LogP contribution in [-0.2, 0) is 33.9 Å². The van der Waals surface area contributed by atoms with E-state index < -0.39 is 52.3 Å². The van der Waals surface area contributed by atoms with Crippen LogP contribution in [0, 0.1) is 17.8 Å². The van der Waals surface area contributed by atoms with Crippen molar-refractivity contribution in [1.29, 1.82) is 0 Å². The summed E-state index contributed by atoms with van der Waals surface area (Å²) in [6, 6.07) is 0. The number of fused-ring (bicyclic) bond motifs is 1. The summed E-state index contributed by atoms with van der Waals surface area (Å²) in [6.45, 7) is 3.03. The molecule has 5 atom stereocenters. The molecule has 3 fully saturated rings. The number of carbonyl (C=O) groups is 2. The maximum atomic E-state index is 13.3. The Morgan fingerprint density at radius 3 is 2.55 bits per heavy atom. The Labute approximate surface area is 175 Å². The van der Waals surface area contributed by atoms with E-state index in [2.05, 4.69) is 6.58 Å². The van der Waals surface area contributed by atoms with Crippen molar-refractivity contribution >= 4 is 22.1 Å². The second-order valence-electron chi connectivity index (χ2n) is 8.06. The minimum absolute atomic E-state index is 0.0434. The number of halogens is 4. The fourth-order valence-corrected chi connectivity index (χ4v) is 4.87. The van der Waals surface area contributed by atoms with Crippen molar-refractivity contribution in [3.05, 3.63) is 12.2 Å². The third kappa shape index (κ3) is 4.44. The van der Waals surface area contributed by atoms with E-state index in [9.17, 15) is 40.1 Å². The summed E-state index contributed by atoms with van der Waals surface area (Å²) in [5, 5.41) is -5.70. The summed E-state index contributed by atoms with van der Waals surface area (Å²) in [7, 11) is -6.50. The molecule has 8 nitrogen and oxygen atoms in total. The molecule has 31 heavy (non-hydrogen) atoms. The summed E-state index contributed by atoms with van der Waals surface area (Å²) < 4.78 is 99.3. The molecule has 2 bridgehead atoms. The highest BCUT2D eigenvalue weighted by atomic mass is 32.2. The number of unbranched alkanes of at least 4 members (excludes halogenated alkanes) is 1. The van der Waals surface area contributed by atoms with Gasteiger partial charge in [0, 0.05) is 24.9 Å². The maximum absolute atomic E-state index is 13.3. The molecule has 3 rings (SSSR count). The molecular weight excluding hydrogens is 452 g/mol. The zero-order valence-electron chi connectivity index (χ0n) is 16.2. The number of esters is 2. The van der Waals surface area contributed by atoms with Gasteiger partial charge in [0.1, 0.15) is 12.2 Å². The third-order valence-corrected chi connectivity index (χ3v) is 6.92. The topological polar surface area (TPSA) is 119 Å². The molecule has 1 heterocycles. The zero-order valence-corrected chi connectivity index (χ0v) is 17.0.